The Labute approximate surface area is 111 Å². The molecule has 1 fully saturated rings. The van der Waals surface area contributed by atoms with E-state index in [1.165, 1.54) is 12.8 Å². The number of aromatic nitrogens is 1. The van der Waals surface area contributed by atoms with Crippen LogP contribution in [-0.4, -0.2) is 22.7 Å². The van der Waals surface area contributed by atoms with Gasteiger partial charge in [-0.1, -0.05) is 13.3 Å². The molecule has 17 heavy (non-hydrogen) atoms. The third-order valence-electron chi connectivity index (χ3n) is 3.56. The monoisotopic (exact) mass is 298 g/mol. The van der Waals surface area contributed by atoms with Crippen LogP contribution in [0, 0.1) is 5.92 Å². The summed E-state index contributed by atoms with van der Waals surface area (Å²) < 4.78 is 0.941. The highest BCUT2D eigenvalue weighted by molar-refractivity contribution is 9.10. The molecule has 1 aromatic heterocycles. The van der Waals surface area contributed by atoms with Gasteiger partial charge < -0.3 is 10.4 Å². The molecule has 1 aliphatic heterocycles. The van der Waals surface area contributed by atoms with Crippen molar-refractivity contribution in [3.05, 3.63) is 28.5 Å². The largest absolute Gasteiger partial charge is 0.385 e. The molecule has 94 valence electrons. The van der Waals surface area contributed by atoms with E-state index in [0.717, 1.165) is 29.1 Å². The summed E-state index contributed by atoms with van der Waals surface area (Å²) in [4.78, 5) is 4.27. The standard InChI is InChI=1S/C13H19BrN2O/c1-2-9-5-6-15-12(7-9)13(17)11-4-3-10(14)8-16-11/h3-4,8-9,12-13,15,17H,2,5-7H2,1H3. The first-order valence-corrected chi connectivity index (χ1v) is 7.03. The Balaban J connectivity index is 2.03. The molecule has 0 aliphatic carbocycles. The zero-order valence-corrected chi connectivity index (χ0v) is 11.7. The first-order valence-electron chi connectivity index (χ1n) is 6.23. The summed E-state index contributed by atoms with van der Waals surface area (Å²) >= 11 is 3.35. The van der Waals surface area contributed by atoms with Crippen molar-refractivity contribution in [3.63, 3.8) is 0 Å². The zero-order chi connectivity index (χ0) is 12.3. The maximum Gasteiger partial charge on any atom is 0.111 e. The van der Waals surface area contributed by atoms with E-state index in [9.17, 15) is 5.11 Å². The summed E-state index contributed by atoms with van der Waals surface area (Å²) in [6.07, 6.45) is 4.68. The van der Waals surface area contributed by atoms with Crippen molar-refractivity contribution in [2.45, 2.75) is 38.3 Å². The number of rotatable bonds is 3. The van der Waals surface area contributed by atoms with E-state index in [-0.39, 0.29) is 6.04 Å². The van der Waals surface area contributed by atoms with Gasteiger partial charge in [0.1, 0.15) is 6.10 Å². The molecule has 1 aromatic rings. The molecular formula is C13H19BrN2O. The predicted molar refractivity (Wildman–Crippen MR) is 71.7 cm³/mol. The zero-order valence-electron chi connectivity index (χ0n) is 10.1. The lowest BCUT2D eigenvalue weighted by molar-refractivity contribution is 0.0944. The molecule has 3 unspecified atom stereocenters. The van der Waals surface area contributed by atoms with Crippen LogP contribution in [0.25, 0.3) is 0 Å². The summed E-state index contributed by atoms with van der Waals surface area (Å²) in [5.74, 6) is 0.728. The highest BCUT2D eigenvalue weighted by atomic mass is 79.9. The van der Waals surface area contributed by atoms with Crippen LogP contribution in [0.3, 0.4) is 0 Å². The molecule has 3 atom stereocenters. The molecule has 0 saturated carbocycles. The average molecular weight is 299 g/mol. The maximum atomic E-state index is 10.3. The second kappa shape index (κ2) is 5.94. The molecular weight excluding hydrogens is 280 g/mol. The number of hydrogen-bond donors (Lipinski definition) is 2. The van der Waals surface area contributed by atoms with Gasteiger partial charge in [-0.15, -0.1) is 0 Å². The molecule has 2 rings (SSSR count). The summed E-state index contributed by atoms with van der Waals surface area (Å²) in [5, 5.41) is 13.7. The van der Waals surface area contributed by atoms with Gasteiger partial charge in [-0.2, -0.15) is 0 Å². The van der Waals surface area contributed by atoms with E-state index in [4.69, 9.17) is 0 Å². The second-order valence-electron chi connectivity index (χ2n) is 4.71. The van der Waals surface area contributed by atoms with Gasteiger partial charge in [0.25, 0.3) is 0 Å². The SMILES string of the molecule is CCC1CCNC(C(O)c2ccc(Br)cn2)C1. The number of aliphatic hydroxyl groups is 1. The van der Waals surface area contributed by atoms with Gasteiger partial charge in [0.15, 0.2) is 0 Å². The molecule has 0 bridgehead atoms. The fourth-order valence-electron chi connectivity index (χ4n) is 2.41. The topological polar surface area (TPSA) is 45.1 Å². The third-order valence-corrected chi connectivity index (χ3v) is 4.03. The van der Waals surface area contributed by atoms with Crippen LogP contribution in [0.1, 0.15) is 38.0 Å². The van der Waals surface area contributed by atoms with Crippen LogP contribution in [0.2, 0.25) is 0 Å². The lowest BCUT2D eigenvalue weighted by atomic mass is 9.87. The Morgan fingerprint density at radius 2 is 2.41 bits per heavy atom. The number of piperidine rings is 1. The van der Waals surface area contributed by atoms with E-state index in [1.54, 1.807) is 6.20 Å². The molecule has 4 heteroatoms. The van der Waals surface area contributed by atoms with Crippen LogP contribution in [0.5, 0.6) is 0 Å². The highest BCUT2D eigenvalue weighted by Crippen LogP contribution is 2.27. The van der Waals surface area contributed by atoms with Crippen molar-refractivity contribution in [1.29, 1.82) is 0 Å². The van der Waals surface area contributed by atoms with E-state index in [2.05, 4.69) is 33.2 Å². The van der Waals surface area contributed by atoms with E-state index in [0.29, 0.717) is 0 Å². The lowest BCUT2D eigenvalue weighted by Gasteiger charge is -2.32. The Morgan fingerprint density at radius 3 is 3.06 bits per heavy atom. The summed E-state index contributed by atoms with van der Waals surface area (Å²) in [6, 6.07) is 3.94. The third kappa shape index (κ3) is 3.27. The Kier molecular flexibility index (Phi) is 4.54. The number of hydrogen-bond acceptors (Lipinski definition) is 3. The van der Waals surface area contributed by atoms with Gasteiger partial charge in [0, 0.05) is 16.7 Å². The Morgan fingerprint density at radius 1 is 1.59 bits per heavy atom. The number of pyridine rings is 1. The second-order valence-corrected chi connectivity index (χ2v) is 5.62. The van der Waals surface area contributed by atoms with E-state index in [1.807, 2.05) is 12.1 Å². The van der Waals surface area contributed by atoms with Crippen LogP contribution < -0.4 is 5.32 Å². The molecule has 1 saturated heterocycles. The normalized spacial score (nSPS) is 26.8. The molecule has 0 radical (unpaired) electrons. The molecule has 0 amide bonds. The number of nitrogens with one attached hydrogen (secondary N) is 1. The molecule has 0 spiro atoms. The molecule has 1 aliphatic rings. The predicted octanol–water partition coefficient (Wildman–Crippen LogP) is 2.66. The van der Waals surface area contributed by atoms with E-state index < -0.39 is 6.10 Å². The van der Waals surface area contributed by atoms with Crippen molar-refractivity contribution in [1.82, 2.24) is 10.3 Å². The van der Waals surface area contributed by atoms with Crippen LogP contribution in [0.4, 0.5) is 0 Å². The van der Waals surface area contributed by atoms with Gasteiger partial charge >= 0.3 is 0 Å². The molecule has 2 heterocycles. The summed E-state index contributed by atoms with van der Waals surface area (Å²) in [7, 11) is 0. The number of nitrogens with zero attached hydrogens (tertiary/aromatic N) is 1. The van der Waals surface area contributed by atoms with Crippen molar-refractivity contribution in [2.75, 3.05) is 6.54 Å². The first kappa shape index (κ1) is 13.0. The van der Waals surface area contributed by atoms with Crippen LogP contribution in [0.15, 0.2) is 22.8 Å². The van der Waals surface area contributed by atoms with Crippen molar-refractivity contribution in [3.8, 4) is 0 Å². The minimum absolute atomic E-state index is 0.141. The minimum Gasteiger partial charge on any atom is -0.385 e. The first-order chi connectivity index (χ1) is 8.20. The van der Waals surface area contributed by atoms with Gasteiger partial charge in [0.2, 0.25) is 0 Å². The van der Waals surface area contributed by atoms with Gasteiger partial charge in [-0.3, -0.25) is 4.98 Å². The fraction of sp³-hybridized carbons (Fsp3) is 0.615. The average Bonchev–Trinajstić information content (AvgIpc) is 2.39. The maximum absolute atomic E-state index is 10.3. The van der Waals surface area contributed by atoms with Crippen molar-refractivity contribution < 1.29 is 5.11 Å². The van der Waals surface area contributed by atoms with E-state index >= 15 is 0 Å². The van der Waals surface area contributed by atoms with Gasteiger partial charge in [-0.05, 0) is 53.4 Å². The summed E-state index contributed by atoms with van der Waals surface area (Å²) in [5.41, 5.74) is 0.752. The lowest BCUT2D eigenvalue weighted by Crippen LogP contribution is -2.42. The Hall–Kier alpha value is -0.450. The van der Waals surface area contributed by atoms with Crippen LogP contribution in [-0.2, 0) is 0 Å². The van der Waals surface area contributed by atoms with Gasteiger partial charge in [-0.25, -0.2) is 0 Å². The van der Waals surface area contributed by atoms with Crippen LogP contribution >= 0.6 is 15.9 Å². The fourth-order valence-corrected chi connectivity index (χ4v) is 2.65. The van der Waals surface area contributed by atoms with Crippen molar-refractivity contribution >= 4 is 15.9 Å². The molecule has 3 nitrogen and oxygen atoms in total. The van der Waals surface area contributed by atoms with Crippen molar-refractivity contribution in [2.24, 2.45) is 5.92 Å². The molecule has 2 N–H and O–H groups in total. The summed E-state index contributed by atoms with van der Waals surface area (Å²) in [6.45, 7) is 3.22. The highest BCUT2D eigenvalue weighted by Gasteiger charge is 2.27. The number of aliphatic hydroxyl groups excluding tert-OH is 1. The Bertz CT molecular complexity index is 355. The quantitative estimate of drug-likeness (QED) is 0.902. The van der Waals surface area contributed by atoms with Gasteiger partial charge in [0.05, 0.1) is 5.69 Å². The molecule has 0 aromatic carbocycles. The number of halogens is 1. The minimum atomic E-state index is -0.502. The smallest absolute Gasteiger partial charge is 0.111 e.